The standard InChI is InChI=1S/C48H79N7O19/c1-6-7-8-9-10-11-12-13-14-15-16-17-37(57)50-30(43(63)64)19-25-38(58)52-32(45(67)68)21-28-41(61)55(3)35(48(72)74-5)23-29-42(62)54(2)34(46(69)70)22-27-40(60)51-31(44(65)66)20-26-39(59)53-33(47(71)73-4)18-24-36(49)56/h30-35H,6-29H2,1-5H3,(H2,49,56)(H,50,57)(H,51,60)(H,52,58)(H,53,59)(H,63,64)(H,65,66)(H,67,68)(H,69,70). The number of ether oxygens (including phenoxy) is 2. The maximum atomic E-state index is 13.3. The lowest BCUT2D eigenvalue weighted by molar-refractivity contribution is -0.153. The summed E-state index contributed by atoms with van der Waals surface area (Å²) in [4.78, 5) is 162. The Balaban J connectivity index is 5.28. The number of amides is 7. The second-order valence-electron chi connectivity index (χ2n) is 17.9. The average Bonchev–Trinajstić information content (AvgIpc) is 3.34. The van der Waals surface area contributed by atoms with E-state index in [0.717, 1.165) is 56.8 Å². The van der Waals surface area contributed by atoms with E-state index in [0.29, 0.717) is 6.42 Å². The van der Waals surface area contributed by atoms with Gasteiger partial charge in [-0.15, -0.1) is 0 Å². The predicted octanol–water partition coefficient (Wildman–Crippen LogP) is 1.13. The summed E-state index contributed by atoms with van der Waals surface area (Å²) in [7, 11) is 4.32. The number of primary amides is 1. The number of hydrogen-bond acceptors (Lipinski definition) is 15. The van der Waals surface area contributed by atoms with Gasteiger partial charge in [0.25, 0.3) is 0 Å². The fourth-order valence-corrected chi connectivity index (χ4v) is 7.60. The van der Waals surface area contributed by atoms with Crippen LogP contribution in [0.4, 0.5) is 0 Å². The Kier molecular flexibility index (Phi) is 34.3. The van der Waals surface area contributed by atoms with Gasteiger partial charge < -0.3 is 66.7 Å². The largest absolute Gasteiger partial charge is 0.480 e. The number of unbranched alkanes of at least 4 members (excludes halogenated alkanes) is 10. The zero-order chi connectivity index (χ0) is 56.3. The first-order valence-corrected chi connectivity index (χ1v) is 24.9. The van der Waals surface area contributed by atoms with Crippen LogP contribution in [0.3, 0.4) is 0 Å². The van der Waals surface area contributed by atoms with Crippen LogP contribution < -0.4 is 27.0 Å². The van der Waals surface area contributed by atoms with Crippen molar-refractivity contribution in [3.05, 3.63) is 0 Å². The quantitative estimate of drug-likeness (QED) is 0.0306. The van der Waals surface area contributed by atoms with E-state index in [1.807, 2.05) is 0 Å². The number of carboxylic acids is 4. The maximum absolute atomic E-state index is 13.3. The highest BCUT2D eigenvalue weighted by Gasteiger charge is 2.33. The van der Waals surface area contributed by atoms with Crippen molar-refractivity contribution in [3.63, 3.8) is 0 Å². The van der Waals surface area contributed by atoms with Crippen LogP contribution in [-0.2, 0) is 71.8 Å². The number of methoxy groups -OCH3 is 2. The van der Waals surface area contributed by atoms with E-state index in [4.69, 9.17) is 10.5 Å². The molecule has 0 spiro atoms. The summed E-state index contributed by atoms with van der Waals surface area (Å²) >= 11 is 0. The Morgan fingerprint density at radius 1 is 0.405 bits per heavy atom. The van der Waals surface area contributed by atoms with Crippen molar-refractivity contribution in [2.24, 2.45) is 5.73 Å². The van der Waals surface area contributed by atoms with E-state index in [1.54, 1.807) is 0 Å². The van der Waals surface area contributed by atoms with E-state index in [9.17, 15) is 82.8 Å². The van der Waals surface area contributed by atoms with Gasteiger partial charge in [0.1, 0.15) is 36.3 Å². The molecule has 7 amide bonds. The zero-order valence-corrected chi connectivity index (χ0v) is 43.3. The predicted molar refractivity (Wildman–Crippen MR) is 261 cm³/mol. The van der Waals surface area contributed by atoms with Gasteiger partial charge in [-0.25, -0.2) is 28.8 Å². The van der Waals surface area contributed by atoms with E-state index in [2.05, 4.69) is 32.9 Å². The molecule has 0 radical (unpaired) electrons. The molecule has 0 rings (SSSR count). The van der Waals surface area contributed by atoms with Crippen LogP contribution >= 0.6 is 0 Å². The molecule has 0 bridgehead atoms. The molecule has 0 aromatic carbocycles. The molecule has 0 saturated heterocycles. The van der Waals surface area contributed by atoms with Gasteiger partial charge in [-0.3, -0.25) is 33.6 Å². The van der Waals surface area contributed by atoms with Crippen molar-refractivity contribution in [3.8, 4) is 0 Å². The summed E-state index contributed by atoms with van der Waals surface area (Å²) in [6.45, 7) is 2.17. The second-order valence-corrected chi connectivity index (χ2v) is 17.9. The Hall–Kier alpha value is -6.89. The molecule has 26 nitrogen and oxygen atoms in total. The monoisotopic (exact) mass is 1060 g/mol. The highest BCUT2D eigenvalue weighted by atomic mass is 16.5. The fraction of sp³-hybridized carbons (Fsp3) is 0.729. The second kappa shape index (κ2) is 37.8. The fourth-order valence-electron chi connectivity index (χ4n) is 7.60. The first-order chi connectivity index (χ1) is 34.9. The van der Waals surface area contributed by atoms with Gasteiger partial charge in [-0.1, -0.05) is 71.1 Å². The topological polar surface area (TPSA) is 402 Å². The van der Waals surface area contributed by atoms with Gasteiger partial charge >= 0.3 is 35.8 Å². The molecule has 26 heteroatoms. The normalized spacial score (nSPS) is 13.3. The number of carbonyl (C=O) groups excluding carboxylic acids is 9. The third-order valence-electron chi connectivity index (χ3n) is 12.1. The Morgan fingerprint density at radius 3 is 1.12 bits per heavy atom. The number of nitrogens with two attached hydrogens (primary N) is 1. The van der Waals surface area contributed by atoms with Crippen LogP contribution in [0.2, 0.25) is 0 Å². The first kappa shape index (κ1) is 67.1. The van der Waals surface area contributed by atoms with Crippen LogP contribution in [0, 0.1) is 0 Å². The number of nitrogens with one attached hydrogen (secondary N) is 4. The number of hydrogen-bond donors (Lipinski definition) is 9. The highest BCUT2D eigenvalue weighted by molar-refractivity contribution is 5.90. The number of rotatable bonds is 42. The number of carboxylic acid groups (broad SMARTS) is 4. The number of nitrogens with zero attached hydrogens (tertiary/aromatic N) is 2. The molecule has 0 heterocycles. The SMILES string of the molecule is CCCCCCCCCCCCCC(=O)NC(CCC(=O)NC(CCC(=O)N(C)C(CCC(=O)N(C)C(CCC(=O)NC(CCC(=O)NC(CCC(N)=O)C(=O)OC)C(=O)O)C(=O)O)C(=O)OC)C(=O)O)C(=O)O. The Bertz CT molecular complexity index is 1900. The number of likely N-dealkylation sites (N-methyl/N-ethyl adjacent to an activating group) is 2. The minimum atomic E-state index is -1.64. The van der Waals surface area contributed by atoms with E-state index >= 15 is 0 Å². The molecule has 0 fully saturated rings. The lowest BCUT2D eigenvalue weighted by atomic mass is 10.0. The van der Waals surface area contributed by atoms with Gasteiger partial charge in [0.15, 0.2) is 0 Å². The molecule has 0 aliphatic rings. The van der Waals surface area contributed by atoms with Crippen molar-refractivity contribution in [1.82, 2.24) is 31.1 Å². The maximum Gasteiger partial charge on any atom is 0.328 e. The van der Waals surface area contributed by atoms with Crippen LogP contribution in [0.25, 0.3) is 0 Å². The van der Waals surface area contributed by atoms with Gasteiger partial charge in [-0.2, -0.15) is 0 Å². The Labute approximate surface area is 430 Å². The van der Waals surface area contributed by atoms with Crippen LogP contribution in [-0.4, -0.2) is 172 Å². The molecular weight excluding hydrogens is 979 g/mol. The molecule has 0 aromatic rings. The van der Waals surface area contributed by atoms with Crippen molar-refractivity contribution < 1.29 is 92.2 Å². The lowest BCUT2D eigenvalue weighted by Crippen LogP contribution is -2.47. The summed E-state index contributed by atoms with van der Waals surface area (Å²) < 4.78 is 9.38. The summed E-state index contributed by atoms with van der Waals surface area (Å²) in [6, 6.07) is -9.02. The summed E-state index contributed by atoms with van der Waals surface area (Å²) in [5.74, 6) is -13.4. The van der Waals surface area contributed by atoms with Gasteiger partial charge in [-0.05, 0) is 44.9 Å². The summed E-state index contributed by atoms with van der Waals surface area (Å²) in [6.07, 6.45) is 6.58. The van der Waals surface area contributed by atoms with Crippen molar-refractivity contribution in [2.75, 3.05) is 28.3 Å². The third kappa shape index (κ3) is 29.0. The molecule has 10 N–H and O–H groups in total. The summed E-state index contributed by atoms with van der Waals surface area (Å²) in [5.41, 5.74) is 5.09. The number of carbonyl (C=O) groups is 13. The highest BCUT2D eigenvalue weighted by Crippen LogP contribution is 2.16. The van der Waals surface area contributed by atoms with Gasteiger partial charge in [0.05, 0.1) is 14.2 Å². The molecule has 0 aliphatic carbocycles. The van der Waals surface area contributed by atoms with E-state index in [-0.39, 0.29) is 25.7 Å². The molecule has 6 unspecified atom stereocenters. The number of esters is 2. The molecule has 0 aliphatic heterocycles. The minimum Gasteiger partial charge on any atom is -0.480 e. The van der Waals surface area contributed by atoms with Crippen molar-refractivity contribution >= 4 is 77.2 Å². The van der Waals surface area contributed by atoms with Crippen molar-refractivity contribution in [1.29, 1.82) is 0 Å². The molecule has 0 saturated carbocycles. The van der Waals surface area contributed by atoms with Crippen LogP contribution in [0.15, 0.2) is 0 Å². The van der Waals surface area contributed by atoms with Gasteiger partial charge in [0, 0.05) is 59.0 Å². The van der Waals surface area contributed by atoms with Gasteiger partial charge in [0.2, 0.25) is 41.4 Å². The molecule has 6 atom stereocenters. The van der Waals surface area contributed by atoms with Crippen molar-refractivity contribution in [2.45, 2.75) is 197 Å². The number of aliphatic carboxylic acids is 4. The lowest BCUT2D eigenvalue weighted by Gasteiger charge is -2.28. The molecular formula is C48H79N7O19. The molecule has 0 aromatic heterocycles. The molecule has 420 valence electrons. The van der Waals surface area contributed by atoms with Crippen LogP contribution in [0.1, 0.15) is 161 Å². The van der Waals surface area contributed by atoms with E-state index in [1.165, 1.54) is 45.6 Å². The Morgan fingerprint density at radius 2 is 0.730 bits per heavy atom. The molecule has 74 heavy (non-hydrogen) atoms. The first-order valence-electron chi connectivity index (χ1n) is 24.9. The minimum absolute atomic E-state index is 0.107. The summed E-state index contributed by atoms with van der Waals surface area (Å²) in [5, 5.41) is 48.1. The average molecular weight is 1060 g/mol. The van der Waals surface area contributed by atoms with Crippen LogP contribution in [0.5, 0.6) is 0 Å². The third-order valence-corrected chi connectivity index (χ3v) is 12.1. The zero-order valence-electron chi connectivity index (χ0n) is 43.3. The smallest absolute Gasteiger partial charge is 0.328 e. The van der Waals surface area contributed by atoms with E-state index < -0.39 is 171 Å².